The summed E-state index contributed by atoms with van der Waals surface area (Å²) < 4.78 is 67.6. The molecule has 11 heteroatoms. The summed E-state index contributed by atoms with van der Waals surface area (Å²) in [6, 6.07) is 0.334. The number of hydrogen-bond acceptors (Lipinski definition) is 4. The number of nitrogens with zero attached hydrogens (tertiary/aromatic N) is 2. The molecule has 22 heavy (non-hydrogen) atoms. The van der Waals surface area contributed by atoms with Crippen LogP contribution >= 0.6 is 0 Å². The lowest BCUT2D eigenvalue weighted by atomic mass is 10.2. The second kappa shape index (κ2) is 4.93. The molecule has 0 aliphatic heterocycles. The topological polar surface area (TPSA) is 77.3 Å². The molecule has 0 amide bonds. The Morgan fingerprint density at radius 3 is 2.32 bits per heavy atom. The van der Waals surface area contributed by atoms with Gasteiger partial charge >= 0.3 is 17.8 Å². The van der Waals surface area contributed by atoms with Crippen LogP contribution in [0.15, 0.2) is 12.1 Å². The Morgan fingerprint density at radius 1 is 1.27 bits per heavy atom. The molecule has 0 saturated carbocycles. The van der Waals surface area contributed by atoms with Gasteiger partial charge in [0.05, 0.1) is 17.6 Å². The molecular formula is C11H5F5N2O4. The normalized spacial score (nSPS) is 11.7. The fraction of sp³-hybridized carbons (Fsp3) is 0.182. The first kappa shape index (κ1) is 15.7. The molecule has 0 aliphatic carbocycles. The van der Waals surface area contributed by atoms with Crippen molar-refractivity contribution in [2.45, 2.75) is 6.18 Å². The van der Waals surface area contributed by atoms with Gasteiger partial charge in [-0.2, -0.15) is 13.2 Å². The van der Waals surface area contributed by atoms with E-state index in [1.165, 1.54) is 0 Å². The minimum Gasteiger partial charge on any atom is -0.805 e. The van der Waals surface area contributed by atoms with E-state index in [1.54, 1.807) is 0 Å². The molecule has 2 aromatic rings. The third kappa shape index (κ3) is 2.23. The highest BCUT2D eigenvalue weighted by Crippen LogP contribution is 2.32. The van der Waals surface area contributed by atoms with Crippen molar-refractivity contribution < 1.29 is 35.9 Å². The van der Waals surface area contributed by atoms with Gasteiger partial charge in [-0.05, 0) is 0 Å². The highest BCUT2D eigenvalue weighted by molar-refractivity contribution is 5.88. The first-order valence-electron chi connectivity index (χ1n) is 5.43. The van der Waals surface area contributed by atoms with Gasteiger partial charge in [-0.25, -0.2) is 13.6 Å². The average molecular weight is 324 g/mol. The van der Waals surface area contributed by atoms with E-state index in [0.717, 1.165) is 0 Å². The summed E-state index contributed by atoms with van der Waals surface area (Å²) in [7, 11) is 0.688. The predicted molar refractivity (Wildman–Crippen MR) is 60.3 cm³/mol. The molecule has 118 valence electrons. The zero-order valence-electron chi connectivity index (χ0n) is 10.6. The molecule has 0 aliphatic rings. The summed E-state index contributed by atoms with van der Waals surface area (Å²) in [5, 5.41) is 11.8. The SMILES string of the molecule is COC(=O)c1c(C(F)(F)F)n([O-])c2cc(F)c(F)cc2[n+]1=O. The van der Waals surface area contributed by atoms with Crippen LogP contribution in [-0.2, 0) is 10.9 Å². The first-order valence-corrected chi connectivity index (χ1v) is 5.43. The van der Waals surface area contributed by atoms with Gasteiger partial charge in [-0.3, -0.25) is 0 Å². The highest BCUT2D eigenvalue weighted by atomic mass is 19.4. The maximum Gasteiger partial charge on any atom is 0.438 e. The van der Waals surface area contributed by atoms with Crippen LogP contribution in [0.4, 0.5) is 22.0 Å². The average Bonchev–Trinajstić information content (AvgIpc) is 2.42. The number of halogens is 5. The van der Waals surface area contributed by atoms with E-state index < -0.39 is 55.4 Å². The van der Waals surface area contributed by atoms with Gasteiger partial charge in [0.2, 0.25) is 5.69 Å². The number of alkyl halides is 3. The smallest absolute Gasteiger partial charge is 0.438 e. The lowest BCUT2D eigenvalue weighted by Crippen LogP contribution is -2.35. The number of carbonyl (C=O) groups excluding carboxylic acids is 1. The van der Waals surface area contributed by atoms with Crippen LogP contribution in [0.2, 0.25) is 0 Å². The number of methoxy groups -OCH3 is 1. The standard InChI is InChI=1S/C11H5F5N2O4/c1-22-10(19)8-9(11(14,15)16)18(21)7-3-5(13)4(12)2-6(7)17(8)20/h2-3H,1H3. The van der Waals surface area contributed by atoms with Gasteiger partial charge in [0.25, 0.3) is 5.52 Å². The van der Waals surface area contributed by atoms with Crippen molar-refractivity contribution in [3.05, 3.63) is 45.3 Å². The van der Waals surface area contributed by atoms with Crippen LogP contribution < -0.4 is 4.43 Å². The molecule has 0 spiro atoms. The van der Waals surface area contributed by atoms with E-state index in [0.29, 0.717) is 7.11 Å². The van der Waals surface area contributed by atoms with Crippen molar-refractivity contribution in [2.75, 3.05) is 7.11 Å². The number of carbonyl (C=O) groups is 1. The molecule has 0 bridgehead atoms. The maximum atomic E-state index is 13.1. The quantitative estimate of drug-likeness (QED) is 0.457. The van der Waals surface area contributed by atoms with Gasteiger partial charge in [0.1, 0.15) is 5.52 Å². The van der Waals surface area contributed by atoms with Crippen LogP contribution in [0, 0.1) is 21.7 Å². The Morgan fingerprint density at radius 2 is 1.82 bits per heavy atom. The third-order valence-corrected chi connectivity index (χ3v) is 2.73. The van der Waals surface area contributed by atoms with Crippen LogP contribution in [-0.4, -0.2) is 17.8 Å². The molecule has 0 radical (unpaired) electrons. The lowest BCUT2D eigenvalue weighted by molar-refractivity contribution is -0.471. The summed E-state index contributed by atoms with van der Waals surface area (Å²) in [5.74, 6) is -4.96. The number of rotatable bonds is 1. The Balaban J connectivity index is 3.11. The van der Waals surface area contributed by atoms with Crippen molar-refractivity contribution in [3.8, 4) is 0 Å². The van der Waals surface area contributed by atoms with Crippen molar-refractivity contribution in [1.29, 1.82) is 0 Å². The van der Waals surface area contributed by atoms with E-state index in [9.17, 15) is 36.9 Å². The third-order valence-electron chi connectivity index (χ3n) is 2.73. The van der Waals surface area contributed by atoms with E-state index >= 15 is 0 Å². The van der Waals surface area contributed by atoms with Crippen LogP contribution in [0.1, 0.15) is 16.2 Å². The van der Waals surface area contributed by atoms with Gasteiger partial charge < -0.3 is 14.7 Å². The van der Waals surface area contributed by atoms with Gasteiger partial charge in [-0.1, -0.05) is 0 Å². The highest BCUT2D eigenvalue weighted by Gasteiger charge is 2.45. The largest absolute Gasteiger partial charge is 0.805 e. The Bertz CT molecular complexity index is 843. The Kier molecular flexibility index (Phi) is 3.51. The maximum absolute atomic E-state index is 13.1. The van der Waals surface area contributed by atoms with Crippen molar-refractivity contribution in [3.63, 3.8) is 0 Å². The van der Waals surface area contributed by atoms with E-state index in [4.69, 9.17) is 0 Å². The lowest BCUT2D eigenvalue weighted by Gasteiger charge is -2.19. The zero-order chi connectivity index (χ0) is 16.8. The molecule has 0 fully saturated rings. The van der Waals surface area contributed by atoms with Gasteiger partial charge in [0.15, 0.2) is 11.6 Å². The number of hydrogen-bond donors (Lipinski definition) is 0. The molecule has 2 rings (SSSR count). The molecule has 6 nitrogen and oxygen atoms in total. The molecule has 0 unspecified atom stereocenters. The van der Waals surface area contributed by atoms with Crippen molar-refractivity contribution >= 4 is 17.0 Å². The number of benzene rings is 1. The number of aromatic nitrogens is 2. The molecule has 1 heterocycles. The second-order valence-corrected chi connectivity index (χ2v) is 4.03. The fourth-order valence-electron chi connectivity index (χ4n) is 1.81. The monoisotopic (exact) mass is 324 g/mol. The minimum absolute atomic E-state index is 0.127. The molecular weight excluding hydrogens is 319 g/mol. The van der Waals surface area contributed by atoms with E-state index in [-0.39, 0.29) is 12.1 Å². The summed E-state index contributed by atoms with van der Waals surface area (Å²) in [5.41, 5.74) is -5.91. The second-order valence-electron chi connectivity index (χ2n) is 4.03. The predicted octanol–water partition coefficient (Wildman–Crippen LogP) is 1.99. The fourth-order valence-corrected chi connectivity index (χ4v) is 1.81. The van der Waals surface area contributed by atoms with Gasteiger partial charge in [0, 0.05) is 11.0 Å². The van der Waals surface area contributed by atoms with E-state index in [2.05, 4.69) is 4.74 Å². The number of esters is 1. The number of fused-ring (bicyclic) bond motifs is 1. The van der Waals surface area contributed by atoms with Crippen LogP contribution in [0.5, 0.6) is 0 Å². The zero-order valence-corrected chi connectivity index (χ0v) is 10.6. The molecule has 1 aromatic carbocycles. The molecule has 0 atom stereocenters. The van der Waals surface area contributed by atoms with Gasteiger partial charge in [-0.15, -0.1) is 0 Å². The molecule has 1 aromatic heterocycles. The first-order chi connectivity index (χ1) is 10.1. The molecule has 0 N–H and O–H groups in total. The minimum atomic E-state index is -5.41. The Labute approximate surface area is 117 Å². The summed E-state index contributed by atoms with van der Waals surface area (Å²) in [6.07, 6.45) is -5.41. The summed E-state index contributed by atoms with van der Waals surface area (Å²) in [6.45, 7) is 0. The number of ether oxygens (including phenoxy) is 1. The van der Waals surface area contributed by atoms with Crippen LogP contribution in [0.25, 0.3) is 11.0 Å². The Hall–Kier alpha value is -2.72. The molecule has 0 saturated heterocycles. The van der Waals surface area contributed by atoms with Crippen molar-refractivity contribution in [1.82, 2.24) is 4.73 Å². The summed E-state index contributed by atoms with van der Waals surface area (Å²) in [4.78, 5) is 23.3. The van der Waals surface area contributed by atoms with Crippen LogP contribution in [0.3, 0.4) is 0 Å². The van der Waals surface area contributed by atoms with Crippen molar-refractivity contribution in [2.24, 2.45) is 0 Å². The van der Waals surface area contributed by atoms with E-state index in [1.807, 2.05) is 0 Å². The summed E-state index contributed by atoms with van der Waals surface area (Å²) >= 11 is 0.